The molecular formula is C24H15FN2O6. The summed E-state index contributed by atoms with van der Waals surface area (Å²) in [6.07, 6.45) is 0. The summed E-state index contributed by atoms with van der Waals surface area (Å²) in [7, 11) is 1.51. The van der Waals surface area contributed by atoms with Gasteiger partial charge in [0.05, 0.1) is 29.0 Å². The first-order valence-corrected chi connectivity index (χ1v) is 9.87. The molecule has 3 aromatic carbocycles. The number of methoxy groups -OCH3 is 1. The molecule has 164 valence electrons. The molecular weight excluding hydrogens is 431 g/mol. The number of ether oxygens (including phenoxy) is 1. The van der Waals surface area contributed by atoms with Crippen molar-refractivity contribution in [1.29, 1.82) is 0 Å². The topological polar surface area (TPSA) is 103 Å². The summed E-state index contributed by atoms with van der Waals surface area (Å²) in [5.74, 6) is -0.747. The van der Waals surface area contributed by atoms with Crippen LogP contribution < -0.4 is 15.1 Å². The van der Waals surface area contributed by atoms with Crippen molar-refractivity contribution < 1.29 is 23.3 Å². The third kappa shape index (κ3) is 3.21. The van der Waals surface area contributed by atoms with Gasteiger partial charge in [-0.15, -0.1) is 0 Å². The lowest BCUT2D eigenvalue weighted by Gasteiger charge is -2.25. The number of anilines is 1. The van der Waals surface area contributed by atoms with Gasteiger partial charge in [0.25, 0.3) is 11.6 Å². The molecule has 1 amide bonds. The van der Waals surface area contributed by atoms with Crippen LogP contribution in [-0.2, 0) is 0 Å². The Bertz CT molecular complexity index is 1480. The number of amides is 1. The Kier molecular flexibility index (Phi) is 4.67. The Labute approximate surface area is 185 Å². The Morgan fingerprint density at radius 3 is 2.36 bits per heavy atom. The molecule has 0 spiro atoms. The minimum Gasteiger partial charge on any atom is -0.497 e. The molecule has 5 rings (SSSR count). The summed E-state index contributed by atoms with van der Waals surface area (Å²) in [6.45, 7) is 0. The van der Waals surface area contributed by atoms with Gasteiger partial charge in [-0.05, 0) is 60.2 Å². The number of benzene rings is 3. The summed E-state index contributed by atoms with van der Waals surface area (Å²) in [5, 5.41) is 11.1. The molecule has 4 aromatic rings. The average Bonchev–Trinajstić information content (AvgIpc) is 3.12. The molecule has 9 heteroatoms. The Morgan fingerprint density at radius 1 is 1.03 bits per heavy atom. The quantitative estimate of drug-likeness (QED) is 0.335. The molecule has 0 fully saturated rings. The minimum atomic E-state index is -0.925. The normalized spacial score (nSPS) is 15.0. The summed E-state index contributed by atoms with van der Waals surface area (Å²) >= 11 is 0. The fourth-order valence-corrected chi connectivity index (χ4v) is 4.05. The molecule has 1 aliphatic heterocycles. The highest BCUT2D eigenvalue weighted by Gasteiger charge is 2.43. The maximum absolute atomic E-state index is 13.9. The van der Waals surface area contributed by atoms with Crippen LogP contribution in [0.3, 0.4) is 0 Å². The van der Waals surface area contributed by atoms with Crippen molar-refractivity contribution in [3.8, 4) is 5.75 Å². The number of halogens is 1. The number of nitro groups is 1. The van der Waals surface area contributed by atoms with Gasteiger partial charge in [-0.1, -0.05) is 0 Å². The van der Waals surface area contributed by atoms with Crippen molar-refractivity contribution in [1.82, 2.24) is 0 Å². The summed E-state index contributed by atoms with van der Waals surface area (Å²) in [5.41, 5.74) is 0.387. The van der Waals surface area contributed by atoms with Crippen molar-refractivity contribution in [2.24, 2.45) is 0 Å². The second-order valence-corrected chi connectivity index (χ2v) is 7.44. The van der Waals surface area contributed by atoms with E-state index in [2.05, 4.69) is 0 Å². The number of fused-ring (bicyclic) bond motifs is 2. The zero-order valence-electron chi connectivity index (χ0n) is 17.2. The van der Waals surface area contributed by atoms with E-state index in [4.69, 9.17) is 9.15 Å². The summed E-state index contributed by atoms with van der Waals surface area (Å²) in [6, 6.07) is 14.8. The van der Waals surface area contributed by atoms with Gasteiger partial charge in [0.2, 0.25) is 5.76 Å². The van der Waals surface area contributed by atoms with E-state index in [0.29, 0.717) is 17.0 Å². The van der Waals surface area contributed by atoms with Crippen LogP contribution in [-0.4, -0.2) is 17.9 Å². The molecule has 0 saturated carbocycles. The van der Waals surface area contributed by atoms with Gasteiger partial charge in [0, 0.05) is 17.8 Å². The molecule has 8 nitrogen and oxygen atoms in total. The molecule has 1 unspecified atom stereocenters. The Morgan fingerprint density at radius 2 is 1.73 bits per heavy atom. The van der Waals surface area contributed by atoms with Crippen LogP contribution in [0.25, 0.3) is 11.0 Å². The van der Waals surface area contributed by atoms with E-state index in [1.165, 1.54) is 42.3 Å². The number of rotatable bonds is 4. The van der Waals surface area contributed by atoms with Gasteiger partial charge in [-0.2, -0.15) is 0 Å². The number of nitro benzene ring substituents is 1. The third-order valence-electron chi connectivity index (χ3n) is 5.60. The fraction of sp³-hybridized carbons (Fsp3) is 0.0833. The molecule has 1 atom stereocenters. The van der Waals surface area contributed by atoms with Gasteiger partial charge in [-0.3, -0.25) is 24.6 Å². The van der Waals surface area contributed by atoms with E-state index in [0.717, 1.165) is 12.1 Å². The number of non-ortho nitro benzene ring substituents is 1. The Balaban J connectivity index is 1.76. The predicted octanol–water partition coefficient (Wildman–Crippen LogP) is 4.60. The maximum Gasteiger partial charge on any atom is 0.295 e. The monoisotopic (exact) mass is 446 g/mol. The first-order chi connectivity index (χ1) is 15.9. The molecule has 1 aliphatic rings. The van der Waals surface area contributed by atoms with Gasteiger partial charge in [0.1, 0.15) is 17.1 Å². The van der Waals surface area contributed by atoms with Crippen LogP contribution in [0, 0.1) is 15.9 Å². The molecule has 1 aromatic heterocycles. The van der Waals surface area contributed by atoms with E-state index in [9.17, 15) is 24.1 Å². The smallest absolute Gasteiger partial charge is 0.295 e. The van der Waals surface area contributed by atoms with Crippen LogP contribution in [0.4, 0.5) is 15.8 Å². The number of carbonyl (C=O) groups is 1. The van der Waals surface area contributed by atoms with Crippen molar-refractivity contribution in [2.75, 3.05) is 12.0 Å². The van der Waals surface area contributed by atoms with Crippen molar-refractivity contribution in [3.05, 3.63) is 110 Å². The second-order valence-electron chi connectivity index (χ2n) is 7.44. The van der Waals surface area contributed by atoms with Crippen LogP contribution in [0.2, 0.25) is 0 Å². The number of carbonyl (C=O) groups excluding carboxylic acids is 1. The molecule has 2 heterocycles. The van der Waals surface area contributed by atoms with Crippen molar-refractivity contribution in [3.63, 3.8) is 0 Å². The van der Waals surface area contributed by atoms with Crippen LogP contribution in [0.1, 0.15) is 27.7 Å². The highest BCUT2D eigenvalue weighted by molar-refractivity contribution is 6.10. The van der Waals surface area contributed by atoms with E-state index >= 15 is 0 Å². The average molecular weight is 446 g/mol. The largest absolute Gasteiger partial charge is 0.497 e. The predicted molar refractivity (Wildman–Crippen MR) is 117 cm³/mol. The lowest BCUT2D eigenvalue weighted by Crippen LogP contribution is -2.29. The van der Waals surface area contributed by atoms with Gasteiger partial charge in [0.15, 0.2) is 5.43 Å². The zero-order valence-corrected chi connectivity index (χ0v) is 17.2. The van der Waals surface area contributed by atoms with Crippen LogP contribution in [0.5, 0.6) is 5.75 Å². The number of hydrogen-bond acceptors (Lipinski definition) is 6. The molecule has 0 bridgehead atoms. The molecule has 33 heavy (non-hydrogen) atoms. The molecule has 0 aliphatic carbocycles. The van der Waals surface area contributed by atoms with Crippen LogP contribution in [0.15, 0.2) is 75.9 Å². The van der Waals surface area contributed by atoms with E-state index in [-0.39, 0.29) is 28.0 Å². The maximum atomic E-state index is 13.9. The number of nitrogens with zero attached hydrogens (tertiary/aromatic N) is 2. The summed E-state index contributed by atoms with van der Waals surface area (Å²) < 4.78 is 24.8. The van der Waals surface area contributed by atoms with Gasteiger partial charge >= 0.3 is 0 Å². The first-order valence-electron chi connectivity index (χ1n) is 9.87. The standard InChI is InChI=1S/C24H15FN2O6/c1-32-17-9-7-15(8-10-17)26-21(13-2-5-16(6-3-13)27(30)31)20-22(28)18-12-14(25)4-11-19(18)33-23(20)24(26)29/h2-12,21H,1H3. The molecule has 0 saturated heterocycles. The van der Waals surface area contributed by atoms with Crippen molar-refractivity contribution >= 4 is 28.3 Å². The highest BCUT2D eigenvalue weighted by atomic mass is 19.1. The SMILES string of the molecule is COc1ccc(N2C(=O)c3oc4ccc(F)cc4c(=O)c3C2c2ccc([N+](=O)[O-])cc2)cc1. The van der Waals surface area contributed by atoms with E-state index in [1.807, 2.05) is 0 Å². The van der Waals surface area contributed by atoms with Crippen LogP contribution >= 0.6 is 0 Å². The highest BCUT2D eigenvalue weighted by Crippen LogP contribution is 2.41. The van der Waals surface area contributed by atoms with Gasteiger partial charge in [-0.25, -0.2) is 4.39 Å². The number of hydrogen-bond donors (Lipinski definition) is 0. The van der Waals surface area contributed by atoms with E-state index < -0.39 is 28.1 Å². The Hall–Kier alpha value is -4.53. The molecule has 0 N–H and O–H groups in total. The second kappa shape index (κ2) is 7.56. The van der Waals surface area contributed by atoms with Crippen molar-refractivity contribution in [2.45, 2.75) is 6.04 Å². The lowest BCUT2D eigenvalue weighted by molar-refractivity contribution is -0.384. The summed E-state index contributed by atoms with van der Waals surface area (Å²) in [4.78, 5) is 38.8. The van der Waals surface area contributed by atoms with Gasteiger partial charge < -0.3 is 9.15 Å². The fourth-order valence-electron chi connectivity index (χ4n) is 4.05. The third-order valence-corrected chi connectivity index (χ3v) is 5.60. The molecule has 0 radical (unpaired) electrons. The van der Waals surface area contributed by atoms with E-state index in [1.54, 1.807) is 24.3 Å². The lowest BCUT2D eigenvalue weighted by atomic mass is 9.98. The minimum absolute atomic E-state index is 0.00467. The zero-order chi connectivity index (χ0) is 23.3. The first kappa shape index (κ1) is 20.4.